The summed E-state index contributed by atoms with van der Waals surface area (Å²) < 4.78 is 2.15. The average molecular weight is 230 g/mol. The number of hydrogen-bond donors (Lipinski definition) is 1. The van der Waals surface area contributed by atoms with E-state index in [9.17, 15) is 0 Å². The number of nitrogens with zero attached hydrogens (tertiary/aromatic N) is 3. The average Bonchev–Trinajstić information content (AvgIpc) is 2.96. The molecule has 2 aromatic rings. The predicted octanol–water partition coefficient (Wildman–Crippen LogP) is 2.11. The zero-order chi connectivity index (χ0) is 11.7. The molecule has 4 heteroatoms. The molecule has 0 unspecified atom stereocenters. The second kappa shape index (κ2) is 4.45. The van der Waals surface area contributed by atoms with Crippen LogP contribution in [0, 0.1) is 0 Å². The van der Waals surface area contributed by atoms with Gasteiger partial charge in [-0.15, -0.1) is 10.2 Å². The molecular weight excluding hydrogens is 212 g/mol. The Morgan fingerprint density at radius 2 is 2.18 bits per heavy atom. The zero-order valence-electron chi connectivity index (χ0n) is 10.2. The predicted molar refractivity (Wildman–Crippen MR) is 67.0 cm³/mol. The summed E-state index contributed by atoms with van der Waals surface area (Å²) in [7, 11) is 1.96. The fourth-order valence-corrected chi connectivity index (χ4v) is 2.73. The molecule has 17 heavy (non-hydrogen) atoms. The molecule has 1 N–H and O–H groups in total. The number of hydrogen-bond acceptors (Lipinski definition) is 3. The van der Waals surface area contributed by atoms with Crippen molar-refractivity contribution in [1.29, 1.82) is 0 Å². The van der Waals surface area contributed by atoms with Gasteiger partial charge in [0.15, 0.2) is 5.65 Å². The maximum atomic E-state index is 4.37. The molecule has 2 heterocycles. The standard InChI is InChI=1S/C13H18N4/c1-14-9-10-6-7-17-12(8-10)15-16-13(17)11-4-2-3-5-11/h6-8,11,14H,2-5,9H2,1H3. The molecule has 90 valence electrons. The van der Waals surface area contributed by atoms with Crippen LogP contribution in [-0.4, -0.2) is 21.6 Å². The fraction of sp³-hybridized carbons (Fsp3) is 0.538. The maximum Gasteiger partial charge on any atom is 0.161 e. The first-order valence-corrected chi connectivity index (χ1v) is 6.36. The normalized spacial score (nSPS) is 17.0. The van der Waals surface area contributed by atoms with Gasteiger partial charge in [0.05, 0.1) is 0 Å². The van der Waals surface area contributed by atoms with E-state index >= 15 is 0 Å². The first kappa shape index (κ1) is 10.7. The quantitative estimate of drug-likeness (QED) is 0.878. The molecule has 0 amide bonds. The third kappa shape index (κ3) is 1.93. The van der Waals surface area contributed by atoms with Gasteiger partial charge in [0.2, 0.25) is 0 Å². The first-order valence-electron chi connectivity index (χ1n) is 6.36. The lowest BCUT2D eigenvalue weighted by Crippen LogP contribution is -2.06. The van der Waals surface area contributed by atoms with Gasteiger partial charge in [-0.25, -0.2) is 0 Å². The second-order valence-electron chi connectivity index (χ2n) is 4.83. The third-order valence-corrected chi connectivity index (χ3v) is 3.60. The summed E-state index contributed by atoms with van der Waals surface area (Å²) in [6.07, 6.45) is 7.29. The molecule has 1 saturated carbocycles. The summed E-state index contributed by atoms with van der Waals surface area (Å²) in [4.78, 5) is 0. The molecule has 0 atom stereocenters. The molecule has 0 aliphatic heterocycles. The highest BCUT2D eigenvalue weighted by Gasteiger charge is 2.21. The second-order valence-corrected chi connectivity index (χ2v) is 4.83. The third-order valence-electron chi connectivity index (χ3n) is 3.60. The van der Waals surface area contributed by atoms with Crippen LogP contribution in [0.4, 0.5) is 0 Å². The van der Waals surface area contributed by atoms with Gasteiger partial charge in [-0.3, -0.25) is 4.40 Å². The summed E-state index contributed by atoms with van der Waals surface area (Å²) >= 11 is 0. The van der Waals surface area contributed by atoms with Gasteiger partial charge in [0.1, 0.15) is 5.82 Å². The minimum atomic E-state index is 0.611. The summed E-state index contributed by atoms with van der Waals surface area (Å²) in [6, 6.07) is 4.26. The Bertz CT molecular complexity index is 511. The Morgan fingerprint density at radius 3 is 2.94 bits per heavy atom. The molecule has 2 aromatic heterocycles. The van der Waals surface area contributed by atoms with Crippen molar-refractivity contribution in [3.63, 3.8) is 0 Å². The molecule has 4 nitrogen and oxygen atoms in total. The molecular formula is C13H18N4. The van der Waals surface area contributed by atoms with Gasteiger partial charge in [0.25, 0.3) is 0 Å². The number of aromatic nitrogens is 3. The molecule has 1 aliphatic carbocycles. The van der Waals surface area contributed by atoms with Crippen molar-refractivity contribution >= 4 is 5.65 Å². The molecule has 3 rings (SSSR count). The Morgan fingerprint density at radius 1 is 1.35 bits per heavy atom. The molecule has 0 spiro atoms. The van der Waals surface area contributed by atoms with E-state index in [2.05, 4.69) is 38.2 Å². The lowest BCUT2D eigenvalue weighted by molar-refractivity contribution is 0.658. The van der Waals surface area contributed by atoms with Gasteiger partial charge in [0, 0.05) is 18.7 Å². The van der Waals surface area contributed by atoms with Crippen LogP contribution >= 0.6 is 0 Å². The number of fused-ring (bicyclic) bond motifs is 1. The molecule has 0 aromatic carbocycles. The lowest BCUT2D eigenvalue weighted by atomic mass is 10.1. The summed E-state index contributed by atoms with van der Waals surface area (Å²) in [6.45, 7) is 0.877. The smallest absolute Gasteiger partial charge is 0.161 e. The minimum Gasteiger partial charge on any atom is -0.316 e. The number of nitrogens with one attached hydrogen (secondary N) is 1. The Labute approximate surface area is 101 Å². The summed E-state index contributed by atoms with van der Waals surface area (Å²) in [5, 5.41) is 11.8. The van der Waals surface area contributed by atoms with Crippen LogP contribution in [-0.2, 0) is 6.54 Å². The van der Waals surface area contributed by atoms with Crippen LogP contribution in [0.1, 0.15) is 43.0 Å². The summed E-state index contributed by atoms with van der Waals surface area (Å²) in [5.41, 5.74) is 2.23. The van der Waals surface area contributed by atoms with Crippen LogP contribution < -0.4 is 5.32 Å². The topological polar surface area (TPSA) is 42.2 Å². The van der Waals surface area contributed by atoms with Crippen molar-refractivity contribution in [3.05, 3.63) is 29.7 Å². The highest BCUT2D eigenvalue weighted by Crippen LogP contribution is 2.33. The van der Waals surface area contributed by atoms with Gasteiger partial charge in [-0.05, 0) is 37.6 Å². The van der Waals surface area contributed by atoms with Gasteiger partial charge < -0.3 is 5.32 Å². The van der Waals surface area contributed by atoms with E-state index in [0.717, 1.165) is 18.0 Å². The molecule has 1 fully saturated rings. The van der Waals surface area contributed by atoms with Gasteiger partial charge in [-0.1, -0.05) is 12.8 Å². The molecule has 0 saturated heterocycles. The van der Waals surface area contributed by atoms with E-state index in [-0.39, 0.29) is 0 Å². The monoisotopic (exact) mass is 230 g/mol. The van der Waals surface area contributed by atoms with E-state index in [4.69, 9.17) is 0 Å². The van der Waals surface area contributed by atoms with Crippen molar-refractivity contribution in [2.45, 2.75) is 38.1 Å². The van der Waals surface area contributed by atoms with E-state index in [1.807, 2.05) is 7.05 Å². The molecule has 0 bridgehead atoms. The molecule has 0 radical (unpaired) electrons. The SMILES string of the molecule is CNCc1ccn2c(C3CCCC3)nnc2c1. The van der Waals surface area contributed by atoms with Crippen molar-refractivity contribution < 1.29 is 0 Å². The number of rotatable bonds is 3. The van der Waals surface area contributed by atoms with Crippen LogP contribution in [0.25, 0.3) is 5.65 Å². The van der Waals surface area contributed by atoms with Crippen LogP contribution in [0.15, 0.2) is 18.3 Å². The van der Waals surface area contributed by atoms with Gasteiger partial charge in [-0.2, -0.15) is 0 Å². The van der Waals surface area contributed by atoms with Crippen molar-refractivity contribution in [3.8, 4) is 0 Å². The van der Waals surface area contributed by atoms with Crippen molar-refractivity contribution in [1.82, 2.24) is 19.9 Å². The van der Waals surface area contributed by atoms with Gasteiger partial charge >= 0.3 is 0 Å². The lowest BCUT2D eigenvalue weighted by Gasteiger charge is -2.07. The van der Waals surface area contributed by atoms with Crippen LogP contribution in [0.2, 0.25) is 0 Å². The van der Waals surface area contributed by atoms with Crippen molar-refractivity contribution in [2.75, 3.05) is 7.05 Å². The fourth-order valence-electron chi connectivity index (χ4n) is 2.73. The maximum absolute atomic E-state index is 4.37. The van der Waals surface area contributed by atoms with Crippen LogP contribution in [0.3, 0.4) is 0 Å². The Kier molecular flexibility index (Phi) is 2.81. The highest BCUT2D eigenvalue weighted by molar-refractivity contribution is 5.41. The Balaban J connectivity index is 1.98. The summed E-state index contributed by atoms with van der Waals surface area (Å²) in [5.74, 6) is 1.76. The largest absolute Gasteiger partial charge is 0.316 e. The Hall–Kier alpha value is -1.42. The van der Waals surface area contributed by atoms with Crippen molar-refractivity contribution in [2.24, 2.45) is 0 Å². The first-order chi connectivity index (χ1) is 8.38. The minimum absolute atomic E-state index is 0.611. The molecule has 1 aliphatic rings. The van der Waals surface area contributed by atoms with E-state index in [0.29, 0.717) is 5.92 Å². The van der Waals surface area contributed by atoms with E-state index < -0.39 is 0 Å². The highest BCUT2D eigenvalue weighted by atomic mass is 15.2. The van der Waals surface area contributed by atoms with E-state index in [1.165, 1.54) is 31.2 Å². The zero-order valence-corrected chi connectivity index (χ0v) is 10.2. The van der Waals surface area contributed by atoms with E-state index in [1.54, 1.807) is 0 Å². The number of pyridine rings is 1. The van der Waals surface area contributed by atoms with Crippen LogP contribution in [0.5, 0.6) is 0 Å².